The Morgan fingerprint density at radius 3 is 1.67 bits per heavy atom. The predicted molar refractivity (Wildman–Crippen MR) is 229 cm³/mol. The van der Waals surface area contributed by atoms with Crippen LogP contribution in [0.5, 0.6) is 0 Å². The Morgan fingerprint density at radius 2 is 0.927 bits per heavy atom. The molecule has 0 spiro atoms. The van der Waals surface area contributed by atoms with Crippen molar-refractivity contribution in [2.45, 2.75) is 0 Å². The second-order valence-electron chi connectivity index (χ2n) is 14.5. The highest BCUT2D eigenvalue weighted by Crippen LogP contribution is 2.46. The lowest BCUT2D eigenvalue weighted by Gasteiger charge is -2.15. The molecule has 8 aromatic carbocycles. The van der Waals surface area contributed by atoms with Crippen molar-refractivity contribution in [1.29, 1.82) is 10.8 Å². The fourth-order valence-corrected chi connectivity index (χ4v) is 9.37. The molecular formula is C50H31N5. The van der Waals surface area contributed by atoms with Gasteiger partial charge in [0.25, 0.3) is 0 Å². The molecule has 5 heteroatoms. The van der Waals surface area contributed by atoms with Crippen molar-refractivity contribution >= 4 is 93.3 Å². The highest BCUT2D eigenvalue weighted by atomic mass is 15.0. The first-order valence-electron chi connectivity index (χ1n) is 18.6. The molecule has 0 aliphatic heterocycles. The molecule has 0 amide bonds. The summed E-state index contributed by atoms with van der Waals surface area (Å²) in [6.45, 7) is 0. The molecule has 0 saturated carbocycles. The van der Waals surface area contributed by atoms with Gasteiger partial charge in [0, 0.05) is 65.5 Å². The standard InChI is InChI=1S/C50H31N5/c51-48(30-26-27-44-38(28-30)32-16-6-10-22-40(32)53(44)31-14-2-1-3-15-31)34-18-4-5-19-35(34)50(52)55-43-25-13-8-20-36(43)46-45(55)29-39-33-17-7-11-23-41(33)54-42-24-12-9-21-37(42)47(46)49(39)54/h1-29,51-52H. The Balaban J connectivity index is 1.08. The summed E-state index contributed by atoms with van der Waals surface area (Å²) in [5.41, 5.74) is 11.5. The van der Waals surface area contributed by atoms with E-state index in [2.05, 4.69) is 159 Å². The maximum Gasteiger partial charge on any atom is 0.137 e. The first-order valence-corrected chi connectivity index (χ1v) is 18.6. The quantitative estimate of drug-likeness (QED) is 0.136. The van der Waals surface area contributed by atoms with Crippen molar-refractivity contribution in [2.24, 2.45) is 0 Å². The lowest BCUT2D eigenvalue weighted by Crippen LogP contribution is -2.17. The van der Waals surface area contributed by atoms with Crippen LogP contribution in [-0.4, -0.2) is 25.1 Å². The molecule has 0 aliphatic rings. The first-order chi connectivity index (χ1) is 27.2. The lowest BCUT2D eigenvalue weighted by atomic mass is 9.95. The Hall–Kier alpha value is -7.50. The monoisotopic (exact) mass is 701 g/mol. The molecule has 0 radical (unpaired) electrons. The van der Waals surface area contributed by atoms with E-state index in [1.807, 2.05) is 30.3 Å². The van der Waals surface area contributed by atoms with E-state index >= 15 is 0 Å². The second kappa shape index (κ2) is 11.0. The van der Waals surface area contributed by atoms with E-state index in [0.717, 1.165) is 60.4 Å². The molecule has 55 heavy (non-hydrogen) atoms. The highest BCUT2D eigenvalue weighted by molar-refractivity contribution is 6.37. The second-order valence-corrected chi connectivity index (χ2v) is 14.5. The van der Waals surface area contributed by atoms with Gasteiger partial charge in [-0.15, -0.1) is 0 Å². The van der Waals surface area contributed by atoms with E-state index in [4.69, 9.17) is 0 Å². The Morgan fingerprint density at radius 1 is 0.382 bits per heavy atom. The largest absolute Gasteiger partial charge is 0.309 e. The molecule has 256 valence electrons. The predicted octanol–water partition coefficient (Wildman–Crippen LogP) is 12.3. The molecule has 0 saturated heterocycles. The average molecular weight is 702 g/mol. The van der Waals surface area contributed by atoms with Crippen LogP contribution in [-0.2, 0) is 0 Å². The third-order valence-corrected chi connectivity index (χ3v) is 11.7. The molecule has 0 aliphatic carbocycles. The number of para-hydroxylation sites is 5. The van der Waals surface area contributed by atoms with E-state index < -0.39 is 0 Å². The highest BCUT2D eigenvalue weighted by Gasteiger charge is 2.26. The van der Waals surface area contributed by atoms with Gasteiger partial charge in [-0.25, -0.2) is 0 Å². The van der Waals surface area contributed by atoms with Crippen LogP contribution in [0.2, 0.25) is 0 Å². The number of nitrogens with zero attached hydrogens (tertiary/aromatic N) is 3. The van der Waals surface area contributed by atoms with Gasteiger partial charge >= 0.3 is 0 Å². The third kappa shape index (κ3) is 3.96. The summed E-state index contributed by atoms with van der Waals surface area (Å²) < 4.78 is 6.81. The number of aromatic nitrogens is 3. The smallest absolute Gasteiger partial charge is 0.137 e. The average Bonchev–Trinajstić information content (AvgIpc) is 3.97. The number of benzene rings is 8. The van der Waals surface area contributed by atoms with Gasteiger partial charge in [0.05, 0.1) is 44.3 Å². The topological polar surface area (TPSA) is 62.0 Å². The molecule has 0 bridgehead atoms. The number of nitrogens with one attached hydrogen (secondary N) is 2. The van der Waals surface area contributed by atoms with E-state index in [0.29, 0.717) is 17.1 Å². The van der Waals surface area contributed by atoms with Crippen molar-refractivity contribution in [2.75, 3.05) is 0 Å². The van der Waals surface area contributed by atoms with Crippen molar-refractivity contribution in [3.05, 3.63) is 193 Å². The summed E-state index contributed by atoms with van der Waals surface area (Å²) in [7, 11) is 0. The molecular weight excluding hydrogens is 671 g/mol. The fraction of sp³-hybridized carbons (Fsp3) is 0. The maximum atomic E-state index is 10.1. The van der Waals surface area contributed by atoms with Crippen LogP contribution in [0.1, 0.15) is 16.7 Å². The van der Waals surface area contributed by atoms with Gasteiger partial charge in [-0.05, 0) is 54.6 Å². The maximum absolute atomic E-state index is 10.1. The zero-order chi connectivity index (χ0) is 36.4. The van der Waals surface area contributed by atoms with Crippen molar-refractivity contribution < 1.29 is 0 Å². The van der Waals surface area contributed by atoms with Gasteiger partial charge in [-0.1, -0.05) is 121 Å². The summed E-state index contributed by atoms with van der Waals surface area (Å²) in [5.74, 6) is 0.342. The minimum Gasteiger partial charge on any atom is -0.309 e. The summed E-state index contributed by atoms with van der Waals surface area (Å²) in [6, 6.07) is 61.3. The summed E-state index contributed by atoms with van der Waals surface area (Å²) in [6.07, 6.45) is 0. The summed E-state index contributed by atoms with van der Waals surface area (Å²) in [4.78, 5) is 0. The summed E-state index contributed by atoms with van der Waals surface area (Å²) in [5, 5.41) is 29.1. The Bertz CT molecular complexity index is 3580. The van der Waals surface area contributed by atoms with E-state index in [-0.39, 0.29) is 0 Å². The van der Waals surface area contributed by atoms with E-state index in [9.17, 15) is 10.8 Å². The zero-order valence-electron chi connectivity index (χ0n) is 29.6. The minimum atomic E-state index is 0.342. The fourth-order valence-electron chi connectivity index (χ4n) is 9.37. The number of hydrogen-bond acceptors (Lipinski definition) is 2. The van der Waals surface area contributed by atoms with Crippen LogP contribution in [0.15, 0.2) is 176 Å². The van der Waals surface area contributed by atoms with E-state index in [1.54, 1.807) is 0 Å². The van der Waals surface area contributed by atoms with Crippen LogP contribution in [0, 0.1) is 10.8 Å². The summed E-state index contributed by atoms with van der Waals surface area (Å²) >= 11 is 0. The zero-order valence-corrected chi connectivity index (χ0v) is 29.6. The Kier molecular flexibility index (Phi) is 6.01. The van der Waals surface area contributed by atoms with Gasteiger partial charge in [-0.3, -0.25) is 15.4 Å². The van der Waals surface area contributed by atoms with Gasteiger partial charge in [0.15, 0.2) is 0 Å². The first kappa shape index (κ1) is 30.0. The van der Waals surface area contributed by atoms with Crippen LogP contribution >= 0.6 is 0 Å². The molecule has 0 unspecified atom stereocenters. The van der Waals surface area contributed by atoms with Crippen molar-refractivity contribution in [1.82, 2.24) is 13.5 Å². The van der Waals surface area contributed by atoms with E-state index in [1.165, 1.54) is 38.1 Å². The molecule has 4 aromatic heterocycles. The van der Waals surface area contributed by atoms with Gasteiger partial charge in [0.1, 0.15) is 5.84 Å². The number of rotatable bonds is 4. The molecule has 0 atom stereocenters. The molecule has 2 N–H and O–H groups in total. The SMILES string of the molecule is N=C(c1ccc2c(c1)c1ccccc1n2-c1ccccc1)c1ccccc1C(=N)n1c2ccccc2c2c3c4ccccc4n4c5ccccc5c(cc21)c34. The van der Waals surface area contributed by atoms with Crippen LogP contribution in [0.25, 0.3) is 87.4 Å². The van der Waals surface area contributed by atoms with Crippen molar-refractivity contribution in [3.63, 3.8) is 0 Å². The van der Waals surface area contributed by atoms with Crippen LogP contribution in [0.4, 0.5) is 0 Å². The molecule has 5 nitrogen and oxygen atoms in total. The lowest BCUT2D eigenvalue weighted by molar-refractivity contribution is 1.18. The molecule has 0 fully saturated rings. The number of fused-ring (bicyclic) bond motifs is 13. The van der Waals surface area contributed by atoms with Gasteiger partial charge in [-0.2, -0.15) is 0 Å². The number of hydrogen-bond donors (Lipinski definition) is 2. The molecule has 4 heterocycles. The minimum absolute atomic E-state index is 0.342. The van der Waals surface area contributed by atoms with Crippen LogP contribution < -0.4 is 0 Å². The normalized spacial score (nSPS) is 12.1. The van der Waals surface area contributed by atoms with Gasteiger partial charge in [0.2, 0.25) is 0 Å². The van der Waals surface area contributed by atoms with Crippen LogP contribution in [0.3, 0.4) is 0 Å². The molecule has 12 rings (SSSR count). The third-order valence-electron chi connectivity index (χ3n) is 11.7. The molecule has 12 aromatic rings. The van der Waals surface area contributed by atoms with Crippen molar-refractivity contribution in [3.8, 4) is 5.69 Å². The Labute approximate surface area is 314 Å². The van der Waals surface area contributed by atoms with Gasteiger partial charge < -0.3 is 8.97 Å².